The number of thioether (sulfide) groups is 1. The van der Waals surface area contributed by atoms with Gasteiger partial charge in [0, 0.05) is 17.3 Å². The van der Waals surface area contributed by atoms with E-state index in [4.69, 9.17) is 22.1 Å². The van der Waals surface area contributed by atoms with Crippen molar-refractivity contribution >= 4 is 39.3 Å². The van der Waals surface area contributed by atoms with E-state index in [9.17, 15) is 22.0 Å². The van der Waals surface area contributed by atoms with Crippen LogP contribution in [0.25, 0.3) is 0 Å². The summed E-state index contributed by atoms with van der Waals surface area (Å²) in [5, 5.41) is 0.395. The molecule has 0 aliphatic heterocycles. The molecule has 0 fully saturated rings. The molecule has 0 aliphatic carbocycles. The average molecular weight is 437 g/mol. The predicted molar refractivity (Wildman–Crippen MR) is 99.1 cm³/mol. The highest BCUT2D eigenvalue weighted by molar-refractivity contribution is 8.00. The zero-order valence-electron chi connectivity index (χ0n) is 13.7. The molecule has 1 atom stereocenters. The topological polar surface area (TPSA) is 98.5 Å². The van der Waals surface area contributed by atoms with Crippen LogP contribution >= 0.6 is 23.4 Å². The molecule has 11 heteroatoms. The van der Waals surface area contributed by atoms with Crippen molar-refractivity contribution in [2.24, 2.45) is 5.73 Å². The smallest absolute Gasteiger partial charge is 0.269 e. The summed E-state index contributed by atoms with van der Waals surface area (Å²) in [6.45, 7) is -0.0669. The van der Waals surface area contributed by atoms with Crippen LogP contribution in [0.3, 0.4) is 0 Å². The molecule has 0 aliphatic rings. The molecular formula is C16H15ClF2N2O4S2. The summed E-state index contributed by atoms with van der Waals surface area (Å²) >= 11 is 6.51. The summed E-state index contributed by atoms with van der Waals surface area (Å²) < 4.78 is 58.8. The van der Waals surface area contributed by atoms with Gasteiger partial charge in [0.15, 0.2) is 17.4 Å². The molecule has 2 aromatic rings. The first-order valence-corrected chi connectivity index (χ1v) is 10.4. The predicted octanol–water partition coefficient (Wildman–Crippen LogP) is 2.52. The maximum atomic E-state index is 13.6. The first-order chi connectivity index (χ1) is 12.7. The van der Waals surface area contributed by atoms with Gasteiger partial charge in [-0.3, -0.25) is 4.79 Å². The van der Waals surface area contributed by atoms with Gasteiger partial charge < -0.3 is 10.5 Å². The summed E-state index contributed by atoms with van der Waals surface area (Å²) in [6, 6.07) is 8.65. The second kappa shape index (κ2) is 9.36. The van der Waals surface area contributed by atoms with Gasteiger partial charge in [0.25, 0.3) is 5.91 Å². The fraction of sp³-hybridized carbons (Fsp3) is 0.188. The Labute approximate surface area is 164 Å². The monoisotopic (exact) mass is 436 g/mol. The molecule has 146 valence electrons. The molecule has 0 saturated heterocycles. The van der Waals surface area contributed by atoms with Crippen molar-refractivity contribution in [3.05, 3.63) is 59.1 Å². The van der Waals surface area contributed by atoms with Gasteiger partial charge in [-0.15, -0.1) is 11.8 Å². The van der Waals surface area contributed by atoms with Gasteiger partial charge in [0.2, 0.25) is 15.5 Å². The van der Waals surface area contributed by atoms with Gasteiger partial charge in [-0.1, -0.05) is 17.7 Å². The van der Waals surface area contributed by atoms with Gasteiger partial charge >= 0.3 is 0 Å². The molecule has 0 heterocycles. The van der Waals surface area contributed by atoms with E-state index in [0.29, 0.717) is 5.02 Å². The lowest BCUT2D eigenvalue weighted by atomic mass is 10.3. The standard InChI is InChI=1S/C16H15ClF2N2O4S2/c17-10-4-6-11(7-5-10)27(23,24)21-8-9-26-16(15(20)22)25-14-12(18)2-1-3-13(14)19/h1-7,16,21H,8-9H2,(H2,20,22). The van der Waals surface area contributed by atoms with Crippen molar-refractivity contribution in [2.45, 2.75) is 10.3 Å². The van der Waals surface area contributed by atoms with Gasteiger partial charge in [-0.25, -0.2) is 21.9 Å². The van der Waals surface area contributed by atoms with E-state index in [2.05, 4.69) is 4.72 Å². The molecule has 1 amide bonds. The van der Waals surface area contributed by atoms with Crippen LogP contribution in [-0.2, 0) is 14.8 Å². The Morgan fingerprint density at radius 1 is 1.19 bits per heavy atom. The Kier molecular flexibility index (Phi) is 7.42. The van der Waals surface area contributed by atoms with Crippen LogP contribution in [-0.4, -0.2) is 32.1 Å². The maximum Gasteiger partial charge on any atom is 0.269 e. The molecular weight excluding hydrogens is 422 g/mol. The maximum absolute atomic E-state index is 13.6. The van der Waals surface area contributed by atoms with Crippen LogP contribution in [0.5, 0.6) is 5.75 Å². The molecule has 0 spiro atoms. The highest BCUT2D eigenvalue weighted by Gasteiger charge is 2.22. The summed E-state index contributed by atoms with van der Waals surface area (Å²) in [5.74, 6) is -3.58. The average Bonchev–Trinajstić information content (AvgIpc) is 2.60. The van der Waals surface area contributed by atoms with E-state index in [1.807, 2.05) is 0 Å². The van der Waals surface area contributed by atoms with Gasteiger partial charge in [0.1, 0.15) is 0 Å². The number of rotatable bonds is 9. The van der Waals surface area contributed by atoms with Gasteiger partial charge in [0.05, 0.1) is 4.90 Å². The molecule has 27 heavy (non-hydrogen) atoms. The Hall–Kier alpha value is -1.88. The van der Waals surface area contributed by atoms with E-state index in [1.54, 1.807) is 0 Å². The van der Waals surface area contributed by atoms with Gasteiger partial charge in [-0.2, -0.15) is 0 Å². The van der Waals surface area contributed by atoms with Crippen molar-refractivity contribution in [2.75, 3.05) is 12.3 Å². The minimum atomic E-state index is -3.77. The quantitative estimate of drug-likeness (QED) is 0.465. The number of primary amides is 1. The fourth-order valence-corrected chi connectivity index (χ4v) is 3.97. The Bertz CT molecular complexity index is 891. The molecule has 3 N–H and O–H groups in total. The molecule has 0 radical (unpaired) electrons. The highest BCUT2D eigenvalue weighted by atomic mass is 35.5. The number of amides is 1. The van der Waals surface area contributed by atoms with E-state index in [-0.39, 0.29) is 17.2 Å². The molecule has 6 nitrogen and oxygen atoms in total. The number of hydrogen-bond acceptors (Lipinski definition) is 5. The van der Waals surface area contributed by atoms with E-state index in [0.717, 1.165) is 30.0 Å². The molecule has 1 unspecified atom stereocenters. The SMILES string of the molecule is NC(=O)C(Oc1c(F)cccc1F)SCCNS(=O)(=O)c1ccc(Cl)cc1. The number of nitrogens with one attached hydrogen (secondary N) is 1. The van der Waals surface area contributed by atoms with Crippen LogP contribution in [0.4, 0.5) is 8.78 Å². The molecule has 0 aromatic heterocycles. The van der Waals surface area contributed by atoms with E-state index in [1.165, 1.54) is 24.3 Å². The van der Waals surface area contributed by atoms with Crippen molar-refractivity contribution in [1.29, 1.82) is 0 Å². The van der Waals surface area contributed by atoms with Crippen LogP contribution in [0, 0.1) is 11.6 Å². The Morgan fingerprint density at radius 2 is 1.78 bits per heavy atom. The second-order valence-electron chi connectivity index (χ2n) is 5.13. The third kappa shape index (κ3) is 6.06. The summed E-state index contributed by atoms with van der Waals surface area (Å²) in [7, 11) is -3.77. The molecule has 2 rings (SSSR count). The number of carbonyl (C=O) groups excluding carboxylic acids is 1. The first-order valence-electron chi connectivity index (χ1n) is 7.47. The van der Waals surface area contributed by atoms with Crippen LogP contribution in [0.1, 0.15) is 0 Å². The number of para-hydroxylation sites is 1. The Balaban J connectivity index is 1.93. The first kappa shape index (κ1) is 21.4. The van der Waals surface area contributed by atoms with Crippen molar-refractivity contribution in [1.82, 2.24) is 4.72 Å². The number of nitrogens with two attached hydrogens (primary N) is 1. The summed E-state index contributed by atoms with van der Waals surface area (Å²) in [5.41, 5.74) is 3.78. The van der Waals surface area contributed by atoms with Crippen molar-refractivity contribution in [3.63, 3.8) is 0 Å². The lowest BCUT2D eigenvalue weighted by Crippen LogP contribution is -2.33. The number of sulfonamides is 1. The number of carbonyl (C=O) groups is 1. The molecule has 2 aromatic carbocycles. The fourth-order valence-electron chi connectivity index (χ4n) is 1.92. The third-order valence-corrected chi connectivity index (χ3v) is 5.96. The van der Waals surface area contributed by atoms with Crippen molar-refractivity contribution < 1.29 is 26.7 Å². The van der Waals surface area contributed by atoms with E-state index < -0.39 is 38.8 Å². The second-order valence-corrected chi connectivity index (χ2v) is 8.50. The number of halogens is 3. The third-order valence-electron chi connectivity index (χ3n) is 3.16. The minimum Gasteiger partial charge on any atom is -0.464 e. The normalized spacial score (nSPS) is 12.6. The number of hydrogen-bond donors (Lipinski definition) is 2. The molecule has 0 saturated carbocycles. The summed E-state index contributed by atoms with van der Waals surface area (Å²) in [4.78, 5) is 11.5. The van der Waals surface area contributed by atoms with Crippen molar-refractivity contribution in [3.8, 4) is 5.75 Å². The lowest BCUT2D eigenvalue weighted by molar-refractivity contribution is -0.121. The Morgan fingerprint density at radius 3 is 2.33 bits per heavy atom. The van der Waals surface area contributed by atoms with Crippen LogP contribution in [0.2, 0.25) is 5.02 Å². The van der Waals surface area contributed by atoms with Crippen LogP contribution in [0.15, 0.2) is 47.4 Å². The minimum absolute atomic E-state index is 0.0213. The number of ether oxygens (including phenoxy) is 1. The molecule has 0 bridgehead atoms. The lowest BCUT2D eigenvalue weighted by Gasteiger charge is -2.16. The summed E-state index contributed by atoms with van der Waals surface area (Å²) in [6.07, 6.45) is 0. The van der Waals surface area contributed by atoms with Crippen LogP contribution < -0.4 is 15.2 Å². The van der Waals surface area contributed by atoms with E-state index >= 15 is 0 Å². The largest absolute Gasteiger partial charge is 0.464 e. The zero-order chi connectivity index (χ0) is 20.0. The number of benzene rings is 2. The highest BCUT2D eigenvalue weighted by Crippen LogP contribution is 2.25. The van der Waals surface area contributed by atoms with Gasteiger partial charge in [-0.05, 0) is 36.4 Å². The zero-order valence-corrected chi connectivity index (χ0v) is 16.1.